The van der Waals surface area contributed by atoms with E-state index < -0.39 is 12.1 Å². The molecule has 7 heteroatoms. The summed E-state index contributed by atoms with van der Waals surface area (Å²) in [5.74, 6) is -0.129. The van der Waals surface area contributed by atoms with E-state index in [0.717, 1.165) is 11.3 Å². The van der Waals surface area contributed by atoms with Crippen LogP contribution in [0.15, 0.2) is 43.0 Å². The number of benzene rings is 1. The summed E-state index contributed by atoms with van der Waals surface area (Å²) in [7, 11) is 0. The van der Waals surface area contributed by atoms with Gasteiger partial charge in [-0.15, -0.1) is 0 Å². The van der Waals surface area contributed by atoms with Crippen LogP contribution in [0.5, 0.6) is 0 Å². The summed E-state index contributed by atoms with van der Waals surface area (Å²) in [5.41, 5.74) is 1.89. The number of carbonyl (C=O) groups is 2. The number of aliphatic hydroxyl groups excluding tert-OH is 1. The lowest BCUT2D eigenvalue weighted by Gasteiger charge is -2.44. The fourth-order valence-corrected chi connectivity index (χ4v) is 3.66. The number of carbonyl (C=O) groups excluding carboxylic acids is 2. The molecular weight excluding hydrogens is 320 g/mol. The maximum absolute atomic E-state index is 12.9. The maximum atomic E-state index is 12.9. The van der Waals surface area contributed by atoms with Crippen LogP contribution < -0.4 is 0 Å². The van der Waals surface area contributed by atoms with Crippen molar-refractivity contribution in [3.63, 3.8) is 0 Å². The zero-order valence-corrected chi connectivity index (χ0v) is 13.8. The molecule has 0 bridgehead atoms. The third-order valence-electron chi connectivity index (χ3n) is 4.95. The minimum absolute atomic E-state index is 0.0448. The third-order valence-corrected chi connectivity index (χ3v) is 4.95. The van der Waals surface area contributed by atoms with Crippen molar-refractivity contribution in [1.82, 2.24) is 19.4 Å². The van der Waals surface area contributed by atoms with Crippen LogP contribution in [0.4, 0.5) is 0 Å². The number of aliphatic hydroxyl groups is 1. The molecule has 2 amide bonds. The molecule has 2 aromatic rings. The van der Waals surface area contributed by atoms with Gasteiger partial charge in [-0.05, 0) is 18.1 Å². The second kappa shape index (κ2) is 6.33. The Morgan fingerprint density at radius 2 is 2.08 bits per heavy atom. The SMILES string of the molecule is O=C1[C@H]2C[C@@H](O)CCN2C(=O)CN1Cc1ccccc1-n1ccnc1. The van der Waals surface area contributed by atoms with Crippen LogP contribution >= 0.6 is 0 Å². The van der Waals surface area contributed by atoms with Crippen LogP contribution in [0, 0.1) is 0 Å². The average molecular weight is 340 g/mol. The van der Waals surface area contributed by atoms with Crippen molar-refractivity contribution >= 4 is 11.8 Å². The number of piperazine rings is 1. The normalized spacial score (nSPS) is 23.7. The molecule has 25 heavy (non-hydrogen) atoms. The minimum Gasteiger partial charge on any atom is -0.393 e. The largest absolute Gasteiger partial charge is 0.393 e. The monoisotopic (exact) mass is 340 g/mol. The van der Waals surface area contributed by atoms with E-state index in [4.69, 9.17) is 0 Å². The molecule has 3 heterocycles. The van der Waals surface area contributed by atoms with Gasteiger partial charge in [0.2, 0.25) is 11.8 Å². The highest BCUT2D eigenvalue weighted by molar-refractivity contribution is 5.95. The predicted octanol–water partition coefficient (Wildman–Crippen LogP) is 0.566. The van der Waals surface area contributed by atoms with Crippen molar-refractivity contribution in [1.29, 1.82) is 0 Å². The number of nitrogens with zero attached hydrogens (tertiary/aromatic N) is 4. The maximum Gasteiger partial charge on any atom is 0.246 e. The van der Waals surface area contributed by atoms with Crippen LogP contribution in [-0.4, -0.2) is 61.5 Å². The molecule has 0 saturated carbocycles. The molecule has 7 nitrogen and oxygen atoms in total. The van der Waals surface area contributed by atoms with Gasteiger partial charge >= 0.3 is 0 Å². The number of piperidine rings is 1. The Morgan fingerprint density at radius 1 is 1.24 bits per heavy atom. The lowest BCUT2D eigenvalue weighted by atomic mass is 9.95. The fraction of sp³-hybridized carbons (Fsp3) is 0.389. The third kappa shape index (κ3) is 2.91. The van der Waals surface area contributed by atoms with Gasteiger partial charge in [0.25, 0.3) is 0 Å². The first-order valence-corrected chi connectivity index (χ1v) is 8.46. The molecule has 1 aromatic carbocycles. The second-order valence-electron chi connectivity index (χ2n) is 6.57. The standard InChI is InChI=1S/C18H20N4O3/c23-14-5-7-22-16(9-14)18(25)21(11-17(22)24)10-13-3-1-2-4-15(13)20-8-6-19-12-20/h1-4,6,8,12,14,16,23H,5,7,9-11H2/t14-,16+/m0/s1. The van der Waals surface area contributed by atoms with Gasteiger partial charge in [0.15, 0.2) is 0 Å². The predicted molar refractivity (Wildman–Crippen MR) is 89.7 cm³/mol. The van der Waals surface area contributed by atoms with Crippen molar-refractivity contribution in [2.24, 2.45) is 0 Å². The highest BCUT2D eigenvalue weighted by Crippen LogP contribution is 2.25. The topological polar surface area (TPSA) is 78.7 Å². The van der Waals surface area contributed by atoms with E-state index in [1.165, 1.54) is 0 Å². The molecule has 2 aliphatic heterocycles. The van der Waals surface area contributed by atoms with Gasteiger partial charge in [-0.25, -0.2) is 4.98 Å². The van der Waals surface area contributed by atoms with Crippen molar-refractivity contribution in [2.75, 3.05) is 13.1 Å². The Balaban J connectivity index is 1.59. The number of aromatic nitrogens is 2. The van der Waals surface area contributed by atoms with Gasteiger partial charge in [-0.3, -0.25) is 9.59 Å². The molecular formula is C18H20N4O3. The molecule has 0 unspecified atom stereocenters. The van der Waals surface area contributed by atoms with Crippen molar-refractivity contribution in [3.05, 3.63) is 48.5 Å². The highest BCUT2D eigenvalue weighted by atomic mass is 16.3. The second-order valence-corrected chi connectivity index (χ2v) is 6.57. The molecule has 1 N–H and O–H groups in total. The fourth-order valence-electron chi connectivity index (χ4n) is 3.66. The van der Waals surface area contributed by atoms with E-state index in [9.17, 15) is 14.7 Å². The van der Waals surface area contributed by atoms with Crippen LogP contribution in [0.25, 0.3) is 5.69 Å². The Bertz CT molecular complexity index is 789. The Kier molecular flexibility index (Phi) is 4.01. The molecule has 0 radical (unpaired) electrons. The van der Waals surface area contributed by atoms with Gasteiger partial charge in [-0.2, -0.15) is 0 Å². The molecule has 0 aliphatic carbocycles. The molecule has 130 valence electrons. The molecule has 2 saturated heterocycles. The number of hydrogen-bond donors (Lipinski definition) is 1. The first-order chi connectivity index (χ1) is 12.1. The quantitative estimate of drug-likeness (QED) is 0.886. The van der Waals surface area contributed by atoms with Crippen LogP contribution in [0.2, 0.25) is 0 Å². The molecule has 0 spiro atoms. The summed E-state index contributed by atoms with van der Waals surface area (Å²) in [4.78, 5) is 32.6. The van der Waals surface area contributed by atoms with Gasteiger partial charge in [0.1, 0.15) is 12.6 Å². The average Bonchev–Trinajstić information content (AvgIpc) is 3.14. The van der Waals surface area contributed by atoms with Crippen LogP contribution in [0.1, 0.15) is 18.4 Å². The Labute approximate surface area is 145 Å². The van der Waals surface area contributed by atoms with Gasteiger partial charge in [0, 0.05) is 31.9 Å². The van der Waals surface area contributed by atoms with E-state index in [1.807, 2.05) is 35.0 Å². The van der Waals surface area contributed by atoms with Gasteiger partial charge in [-0.1, -0.05) is 18.2 Å². The Morgan fingerprint density at radius 3 is 2.88 bits per heavy atom. The minimum atomic E-state index is -0.537. The summed E-state index contributed by atoms with van der Waals surface area (Å²) in [6.45, 7) is 0.902. The number of fused-ring (bicyclic) bond motifs is 1. The van der Waals surface area contributed by atoms with Gasteiger partial charge < -0.3 is 19.5 Å². The zero-order chi connectivity index (χ0) is 17.4. The Hall–Kier alpha value is -2.67. The number of rotatable bonds is 3. The summed E-state index contributed by atoms with van der Waals surface area (Å²) < 4.78 is 1.89. The van der Waals surface area contributed by atoms with E-state index in [2.05, 4.69) is 4.98 Å². The number of imidazole rings is 1. The first-order valence-electron chi connectivity index (χ1n) is 8.46. The van der Waals surface area contributed by atoms with E-state index in [-0.39, 0.29) is 18.4 Å². The summed E-state index contributed by atoms with van der Waals surface area (Å²) in [6.07, 6.45) is 5.61. The van der Waals surface area contributed by atoms with E-state index in [0.29, 0.717) is 25.9 Å². The van der Waals surface area contributed by atoms with Crippen molar-refractivity contribution in [3.8, 4) is 5.69 Å². The van der Waals surface area contributed by atoms with Gasteiger partial charge in [0.05, 0.1) is 18.1 Å². The highest BCUT2D eigenvalue weighted by Gasteiger charge is 2.42. The summed E-state index contributed by atoms with van der Waals surface area (Å²) in [6, 6.07) is 7.23. The number of para-hydroxylation sites is 1. The summed E-state index contributed by atoms with van der Waals surface area (Å²) >= 11 is 0. The van der Waals surface area contributed by atoms with Crippen molar-refractivity contribution < 1.29 is 14.7 Å². The molecule has 2 aliphatic rings. The lowest BCUT2D eigenvalue weighted by Crippen LogP contribution is -2.62. The summed E-state index contributed by atoms with van der Waals surface area (Å²) in [5, 5.41) is 9.88. The molecule has 2 atom stereocenters. The van der Waals surface area contributed by atoms with E-state index in [1.54, 1.807) is 22.3 Å². The molecule has 1 aromatic heterocycles. The molecule has 2 fully saturated rings. The molecule has 4 rings (SSSR count). The number of amides is 2. The smallest absolute Gasteiger partial charge is 0.246 e. The van der Waals surface area contributed by atoms with Crippen LogP contribution in [-0.2, 0) is 16.1 Å². The zero-order valence-electron chi connectivity index (χ0n) is 13.8. The van der Waals surface area contributed by atoms with Crippen LogP contribution in [0.3, 0.4) is 0 Å². The number of hydrogen-bond acceptors (Lipinski definition) is 4. The first kappa shape index (κ1) is 15.8. The lowest BCUT2D eigenvalue weighted by molar-refractivity contribution is -0.160. The van der Waals surface area contributed by atoms with E-state index >= 15 is 0 Å². The van der Waals surface area contributed by atoms with Crippen molar-refractivity contribution in [2.45, 2.75) is 31.5 Å².